The fourth-order valence-electron chi connectivity index (χ4n) is 19.6. The van der Waals surface area contributed by atoms with E-state index < -0.39 is 15.8 Å². The average molecular weight is 1910 g/mol. The smallest absolute Gasteiger partial charge is 0.0486 e. The molecule has 6 heteroatoms. The van der Waals surface area contributed by atoms with E-state index in [-0.39, 0.29) is 7.43 Å². The molecule has 0 aliphatic heterocycles. The highest BCUT2D eigenvalue weighted by Gasteiger charge is 2.31. The van der Waals surface area contributed by atoms with E-state index in [2.05, 4.69) is 505 Å². The van der Waals surface area contributed by atoms with Crippen LogP contribution in [0.3, 0.4) is 0 Å². The number of fused-ring (bicyclic) bond motifs is 6. The van der Waals surface area contributed by atoms with Gasteiger partial charge in [-0.1, -0.05) is 488 Å². The number of hydrogen-bond acceptors (Lipinski definition) is 0. The second kappa shape index (κ2) is 41.7. The normalized spacial score (nSPS) is 11.3. The van der Waals surface area contributed by atoms with Crippen LogP contribution in [0.5, 0.6) is 0 Å². The average Bonchev–Trinajstić information content (AvgIpc) is 0.732. The summed E-state index contributed by atoms with van der Waals surface area (Å²) in [6, 6.07) is 177. The van der Waals surface area contributed by atoms with Gasteiger partial charge in [-0.15, -0.1) is 23.2 Å². The Hall–Kier alpha value is -13.2. The summed E-state index contributed by atoms with van der Waals surface area (Å²) < 4.78 is 0. The van der Waals surface area contributed by atoms with Crippen LogP contribution in [0.4, 0.5) is 0 Å². The van der Waals surface area contributed by atoms with Crippen molar-refractivity contribution >= 4 is 157 Å². The van der Waals surface area contributed by atoms with Gasteiger partial charge < -0.3 is 0 Å². The largest absolute Gasteiger partial charge is 0.122 e. The van der Waals surface area contributed by atoms with Gasteiger partial charge in [0.15, 0.2) is 0 Å². The summed E-state index contributed by atoms with van der Waals surface area (Å²) in [6.07, 6.45) is 1.78. The minimum atomic E-state index is -0.785. The number of rotatable bonds is 21. The highest BCUT2D eigenvalue weighted by Crippen LogP contribution is 2.55. The summed E-state index contributed by atoms with van der Waals surface area (Å²) in [6.45, 7) is 0. The first-order valence-corrected chi connectivity index (χ1v) is 51.4. The van der Waals surface area contributed by atoms with E-state index >= 15 is 0 Å². The second-order valence-electron chi connectivity index (χ2n) is 33.2. The highest BCUT2D eigenvalue weighted by molar-refractivity contribution is 9.08. The lowest BCUT2D eigenvalue weighted by atomic mass is 9.82. The molecule has 0 saturated heterocycles. The molecule has 22 aromatic rings. The second-order valence-corrected chi connectivity index (χ2v) is 39.3. The standard InChI is InChI=1S/C58H44P2.C34H24Br2.C34H24Cl2.CH4/c1-7-23-43(24-8-1)53-39-45-27-19-21-37-51(45)57(55(53)41-59(47-29-11-3-12-30-47)48-31-13-4-14-32-48)58-52-38-22-20-28-46(52)40-54(44-25-9-2-10-26-44)56(58)42-60(49-33-15-5-16-34-49)50-35-17-6-18-36-50;2*35-21-31-29(23-11-3-1-4-12-23)19-25-15-7-9-17-27(25)33(31)34-28-18-10-8-16-26(28)20-30(32(34)22-36)24-13-5-2-6-14-24;/h1-40H,41-42H2;2*1-20H,21-22H2;1H4. The minimum Gasteiger partial charge on any atom is -0.122 e. The zero-order valence-corrected chi connectivity index (χ0v) is 79.3. The van der Waals surface area contributed by atoms with Crippen LogP contribution in [-0.2, 0) is 34.7 Å². The number of hydrogen-bond donors (Lipinski definition) is 0. The molecule has 0 amide bonds. The van der Waals surface area contributed by atoms with Crippen molar-refractivity contribution < 1.29 is 0 Å². The Labute approximate surface area is 810 Å². The van der Waals surface area contributed by atoms with E-state index in [9.17, 15) is 0 Å². The van der Waals surface area contributed by atoms with E-state index in [0.717, 1.165) is 56.4 Å². The molecular formula is C127H96Br2Cl2P2. The Balaban J connectivity index is 0.000000135. The Morgan fingerprint density at radius 3 is 0.511 bits per heavy atom. The van der Waals surface area contributed by atoms with Crippen LogP contribution in [0.15, 0.2) is 485 Å². The van der Waals surface area contributed by atoms with Crippen molar-refractivity contribution in [1.82, 2.24) is 0 Å². The van der Waals surface area contributed by atoms with Gasteiger partial charge in [0, 0.05) is 34.7 Å². The zero-order chi connectivity index (χ0) is 89.1. The van der Waals surface area contributed by atoms with Crippen LogP contribution in [0, 0.1) is 0 Å². The predicted molar refractivity (Wildman–Crippen MR) is 590 cm³/mol. The number of halogens is 4. The molecule has 0 nitrogen and oxygen atoms in total. The third-order valence-electron chi connectivity index (χ3n) is 25.6. The first-order valence-electron chi connectivity index (χ1n) is 45.0. The van der Waals surface area contributed by atoms with E-state index in [4.69, 9.17) is 23.2 Å². The molecule has 0 N–H and O–H groups in total. The maximum atomic E-state index is 6.81. The molecule has 22 aromatic carbocycles. The van der Waals surface area contributed by atoms with Gasteiger partial charge in [0.1, 0.15) is 0 Å². The summed E-state index contributed by atoms with van der Waals surface area (Å²) in [5, 5.41) is 22.0. The van der Waals surface area contributed by atoms with E-state index in [0.29, 0.717) is 11.8 Å². The SMILES string of the molecule is BrCc1c(-c2ccccc2)cc2ccccc2c1-c1c(CBr)c(-c2ccccc2)cc2ccccc12.C.ClCc1c(-c2ccccc2)cc2ccccc2c1-c1c(CCl)c(-c2ccccc2)cc2ccccc12.c1ccc(-c2cc3ccccc3c(-c3c(CP(c4ccccc4)c4ccccc4)c(-c4ccccc4)cc4ccccc34)c2CP(c2ccccc2)c2ccccc2)cc1. The molecule has 22 rings (SSSR count). The Kier molecular flexibility index (Phi) is 27.9. The van der Waals surface area contributed by atoms with Crippen LogP contribution in [0.2, 0.25) is 0 Å². The topological polar surface area (TPSA) is 0 Å². The fourth-order valence-corrected chi connectivity index (χ4v) is 26.1. The molecule has 642 valence electrons. The summed E-state index contributed by atoms with van der Waals surface area (Å²) in [5.74, 6) is 0.798. The van der Waals surface area contributed by atoms with Crippen molar-refractivity contribution in [1.29, 1.82) is 0 Å². The minimum absolute atomic E-state index is 0. The molecule has 0 aromatic heterocycles. The lowest BCUT2D eigenvalue weighted by molar-refractivity contribution is 1.37. The van der Waals surface area contributed by atoms with Gasteiger partial charge in [0.25, 0.3) is 0 Å². The molecule has 0 radical (unpaired) electrons. The Morgan fingerprint density at radius 2 is 0.323 bits per heavy atom. The summed E-state index contributed by atoms with van der Waals surface area (Å²) >= 11 is 21.4. The van der Waals surface area contributed by atoms with Crippen molar-refractivity contribution in [2.45, 2.75) is 42.2 Å². The molecule has 0 heterocycles. The van der Waals surface area contributed by atoms with Crippen molar-refractivity contribution in [2.24, 2.45) is 0 Å². The van der Waals surface area contributed by atoms with E-state index in [1.807, 2.05) is 12.1 Å². The quantitative estimate of drug-likeness (QED) is 0.0497. The van der Waals surface area contributed by atoms with Gasteiger partial charge >= 0.3 is 0 Å². The van der Waals surface area contributed by atoms with Crippen LogP contribution >= 0.6 is 70.9 Å². The third kappa shape index (κ3) is 18.4. The van der Waals surface area contributed by atoms with E-state index in [1.165, 1.54) is 186 Å². The molecular weight excluding hydrogens is 1820 g/mol. The molecule has 0 atom stereocenters. The number of benzene rings is 22. The molecule has 0 aliphatic rings. The van der Waals surface area contributed by atoms with E-state index in [1.54, 1.807) is 0 Å². The van der Waals surface area contributed by atoms with Gasteiger partial charge in [-0.3, -0.25) is 0 Å². The maximum Gasteiger partial charge on any atom is 0.0486 e. The molecule has 0 aliphatic carbocycles. The van der Waals surface area contributed by atoms with Gasteiger partial charge in [0.2, 0.25) is 0 Å². The lowest BCUT2D eigenvalue weighted by Gasteiger charge is -2.29. The fraction of sp³-hybridized carbons (Fsp3) is 0.0551. The summed E-state index contributed by atoms with van der Waals surface area (Å²) in [5.41, 5.74) is 30.1. The van der Waals surface area contributed by atoms with Crippen LogP contribution in [-0.4, -0.2) is 0 Å². The van der Waals surface area contributed by atoms with Crippen LogP contribution < -0.4 is 21.2 Å². The van der Waals surface area contributed by atoms with Crippen molar-refractivity contribution in [3.63, 3.8) is 0 Å². The molecule has 0 unspecified atom stereocenters. The first-order chi connectivity index (χ1) is 65.4. The van der Waals surface area contributed by atoms with Crippen molar-refractivity contribution in [3.05, 3.63) is 519 Å². The van der Waals surface area contributed by atoms with Crippen molar-refractivity contribution in [3.8, 4) is 100 Å². The summed E-state index contributed by atoms with van der Waals surface area (Å²) in [7, 11) is -1.57. The summed E-state index contributed by atoms with van der Waals surface area (Å²) in [4.78, 5) is 0. The van der Waals surface area contributed by atoms with Crippen LogP contribution in [0.25, 0.3) is 165 Å². The first kappa shape index (κ1) is 89.0. The van der Waals surface area contributed by atoms with Crippen molar-refractivity contribution in [2.75, 3.05) is 0 Å². The molecule has 0 saturated carbocycles. The predicted octanol–water partition coefficient (Wildman–Crippen LogP) is 36.2. The maximum absolute atomic E-state index is 6.81. The molecule has 0 fully saturated rings. The Bertz CT molecular complexity index is 7020. The van der Waals surface area contributed by atoms with Gasteiger partial charge in [0.05, 0.1) is 0 Å². The van der Waals surface area contributed by atoms with Gasteiger partial charge in [-0.2, -0.15) is 0 Å². The van der Waals surface area contributed by atoms with Crippen LogP contribution in [0.1, 0.15) is 40.8 Å². The van der Waals surface area contributed by atoms with Gasteiger partial charge in [-0.05, 0) is 272 Å². The monoisotopic (exact) mass is 1910 g/mol. The molecule has 133 heavy (non-hydrogen) atoms. The third-order valence-corrected chi connectivity index (χ3v) is 32.2. The zero-order valence-electron chi connectivity index (χ0n) is 72.8. The highest BCUT2D eigenvalue weighted by atomic mass is 79.9. The molecule has 0 bridgehead atoms. The Morgan fingerprint density at radius 1 is 0.173 bits per heavy atom. The number of alkyl halides is 4. The lowest BCUT2D eigenvalue weighted by Crippen LogP contribution is -2.15. The molecule has 0 spiro atoms. The van der Waals surface area contributed by atoms with Gasteiger partial charge in [-0.25, -0.2) is 0 Å².